The van der Waals surface area contributed by atoms with Gasteiger partial charge in [0, 0.05) is 5.56 Å². The number of carboxylic acids is 1. The number of carbonyl (C=O) groups is 4. The van der Waals surface area contributed by atoms with Gasteiger partial charge in [0.2, 0.25) is 0 Å². The van der Waals surface area contributed by atoms with E-state index in [4.69, 9.17) is 5.11 Å². The molecule has 1 heterocycles. The molecule has 0 atom stereocenters. The Balaban J connectivity index is 2.13. The van der Waals surface area contributed by atoms with Gasteiger partial charge in [-0.2, -0.15) is 0 Å². The summed E-state index contributed by atoms with van der Waals surface area (Å²) in [5.74, 6) is -2.98. The summed E-state index contributed by atoms with van der Waals surface area (Å²) in [6, 6.07) is 8.90. The first-order chi connectivity index (χ1) is 10.9. The summed E-state index contributed by atoms with van der Waals surface area (Å²) in [6.07, 6.45) is 0. The zero-order valence-corrected chi connectivity index (χ0v) is 12.0. The highest BCUT2D eigenvalue weighted by Crippen LogP contribution is 2.28. The Morgan fingerprint density at radius 3 is 2.13 bits per heavy atom. The maximum Gasteiger partial charge on any atom is 0.346 e. The number of benzene rings is 2. The van der Waals surface area contributed by atoms with Gasteiger partial charge in [-0.25, -0.2) is 14.4 Å². The average Bonchev–Trinajstić information content (AvgIpc) is 2.80. The Kier molecular flexibility index (Phi) is 3.29. The van der Waals surface area contributed by atoms with Crippen LogP contribution >= 0.6 is 0 Å². The van der Waals surface area contributed by atoms with Crippen molar-refractivity contribution in [2.24, 2.45) is 0 Å². The number of fused-ring (bicyclic) bond motifs is 1. The van der Waals surface area contributed by atoms with Crippen molar-refractivity contribution in [3.8, 4) is 11.1 Å². The number of esters is 2. The quantitative estimate of drug-likeness (QED) is 0.531. The highest BCUT2D eigenvalue weighted by molar-refractivity contribution is 6.15. The van der Waals surface area contributed by atoms with Gasteiger partial charge in [-0.15, -0.1) is 0 Å². The fraction of sp³-hybridized carbons (Fsp3) is 0.0588. The molecule has 0 aromatic heterocycles. The van der Waals surface area contributed by atoms with Crippen molar-refractivity contribution in [1.82, 2.24) is 0 Å². The van der Waals surface area contributed by atoms with Gasteiger partial charge < -0.3 is 9.84 Å². The molecule has 0 aliphatic carbocycles. The molecule has 0 amide bonds. The Labute approximate surface area is 130 Å². The van der Waals surface area contributed by atoms with Crippen molar-refractivity contribution in [2.75, 3.05) is 0 Å². The van der Waals surface area contributed by atoms with Crippen molar-refractivity contribution >= 4 is 23.7 Å². The van der Waals surface area contributed by atoms with E-state index < -0.39 is 17.9 Å². The van der Waals surface area contributed by atoms with Gasteiger partial charge >= 0.3 is 17.9 Å². The molecule has 23 heavy (non-hydrogen) atoms. The molecule has 0 bridgehead atoms. The van der Waals surface area contributed by atoms with Crippen molar-refractivity contribution in [2.45, 2.75) is 6.92 Å². The number of hydrogen-bond donors (Lipinski definition) is 1. The zero-order chi connectivity index (χ0) is 16.7. The maximum absolute atomic E-state index is 11.7. The van der Waals surface area contributed by atoms with Crippen LogP contribution < -0.4 is 0 Å². The third kappa shape index (κ3) is 2.40. The molecule has 2 aromatic rings. The van der Waals surface area contributed by atoms with Gasteiger partial charge in [-0.1, -0.05) is 12.1 Å². The minimum atomic E-state index is -1.19. The van der Waals surface area contributed by atoms with Gasteiger partial charge in [-0.05, 0) is 42.3 Å². The number of Topliss-reactive ketones (excluding diaryl/α,β-unsaturated/α-hetero) is 1. The van der Waals surface area contributed by atoms with Crippen LogP contribution in [0.15, 0.2) is 36.4 Å². The topological polar surface area (TPSA) is 97.7 Å². The molecule has 0 fully saturated rings. The number of aromatic carboxylic acids is 1. The van der Waals surface area contributed by atoms with Crippen molar-refractivity contribution < 1.29 is 29.0 Å². The summed E-state index contributed by atoms with van der Waals surface area (Å²) in [4.78, 5) is 45.8. The van der Waals surface area contributed by atoms with Gasteiger partial charge in [0.15, 0.2) is 5.78 Å². The zero-order valence-electron chi connectivity index (χ0n) is 12.0. The normalized spacial score (nSPS) is 12.7. The van der Waals surface area contributed by atoms with Crippen LogP contribution in [0.5, 0.6) is 0 Å². The number of carboxylic acid groups (broad SMARTS) is 1. The lowest BCUT2D eigenvalue weighted by Crippen LogP contribution is -2.06. The number of rotatable bonds is 3. The predicted octanol–water partition coefficient (Wildman–Crippen LogP) is 2.57. The van der Waals surface area contributed by atoms with E-state index in [1.807, 2.05) is 0 Å². The van der Waals surface area contributed by atoms with Crippen LogP contribution in [0.3, 0.4) is 0 Å². The van der Waals surface area contributed by atoms with Crippen LogP contribution in [0.1, 0.15) is 48.4 Å². The molecule has 114 valence electrons. The minimum Gasteiger partial charge on any atom is -0.478 e. The van der Waals surface area contributed by atoms with Crippen LogP contribution in [0.4, 0.5) is 0 Å². The fourth-order valence-corrected chi connectivity index (χ4v) is 2.47. The molecule has 0 saturated carbocycles. The predicted molar refractivity (Wildman–Crippen MR) is 78.6 cm³/mol. The lowest BCUT2D eigenvalue weighted by molar-refractivity contribution is 0.0443. The van der Waals surface area contributed by atoms with Gasteiger partial charge in [0.1, 0.15) is 0 Å². The van der Waals surface area contributed by atoms with Crippen LogP contribution in [-0.4, -0.2) is 28.8 Å². The van der Waals surface area contributed by atoms with Crippen LogP contribution in [0, 0.1) is 0 Å². The summed E-state index contributed by atoms with van der Waals surface area (Å²) in [5.41, 5.74) is 1.48. The Hall–Kier alpha value is -3.28. The molecule has 6 nitrogen and oxygen atoms in total. The third-order valence-corrected chi connectivity index (χ3v) is 3.61. The second-order valence-electron chi connectivity index (χ2n) is 5.06. The second kappa shape index (κ2) is 5.17. The first kappa shape index (κ1) is 14.6. The number of carbonyl (C=O) groups excluding carboxylic acids is 3. The fourth-order valence-electron chi connectivity index (χ4n) is 2.47. The summed E-state index contributed by atoms with van der Waals surface area (Å²) < 4.78 is 4.53. The lowest BCUT2D eigenvalue weighted by atomic mass is 9.95. The maximum atomic E-state index is 11.7. The van der Waals surface area contributed by atoms with E-state index in [-0.39, 0.29) is 28.0 Å². The molecular formula is C17H10O6. The van der Waals surface area contributed by atoms with Gasteiger partial charge in [-0.3, -0.25) is 4.79 Å². The smallest absolute Gasteiger partial charge is 0.346 e. The van der Waals surface area contributed by atoms with E-state index in [9.17, 15) is 19.2 Å². The summed E-state index contributed by atoms with van der Waals surface area (Å²) in [6.45, 7) is 1.28. The molecule has 0 unspecified atom stereocenters. The standard InChI is InChI=1S/C17H10O6/c1-8(18)13-6-9(2-4-11(13)15(19)20)10-3-5-12-14(7-10)17(22)23-16(12)21/h2-7H,1H3,(H,19,20). The van der Waals surface area contributed by atoms with Gasteiger partial charge in [0.05, 0.1) is 16.7 Å². The number of ether oxygens (including phenoxy) is 1. The number of cyclic esters (lactones) is 2. The van der Waals surface area contributed by atoms with Crippen molar-refractivity contribution in [3.63, 3.8) is 0 Å². The molecule has 1 aliphatic rings. The van der Waals surface area contributed by atoms with E-state index in [1.54, 1.807) is 12.1 Å². The molecule has 1 N–H and O–H groups in total. The van der Waals surface area contributed by atoms with E-state index in [2.05, 4.69) is 4.74 Å². The van der Waals surface area contributed by atoms with E-state index in [0.29, 0.717) is 11.1 Å². The first-order valence-corrected chi connectivity index (χ1v) is 6.67. The monoisotopic (exact) mass is 310 g/mol. The SMILES string of the molecule is CC(=O)c1cc(-c2ccc3c(c2)C(=O)OC3=O)ccc1C(=O)O. The summed E-state index contributed by atoms with van der Waals surface area (Å²) in [7, 11) is 0. The Morgan fingerprint density at radius 1 is 0.870 bits per heavy atom. The molecule has 0 radical (unpaired) electrons. The largest absolute Gasteiger partial charge is 0.478 e. The molecule has 6 heteroatoms. The van der Waals surface area contributed by atoms with Crippen LogP contribution in [0.2, 0.25) is 0 Å². The van der Waals surface area contributed by atoms with Crippen molar-refractivity contribution in [1.29, 1.82) is 0 Å². The van der Waals surface area contributed by atoms with Crippen molar-refractivity contribution in [3.05, 3.63) is 58.7 Å². The minimum absolute atomic E-state index is 0.0779. The van der Waals surface area contributed by atoms with Crippen LogP contribution in [-0.2, 0) is 4.74 Å². The molecule has 0 spiro atoms. The average molecular weight is 310 g/mol. The number of hydrogen-bond acceptors (Lipinski definition) is 5. The first-order valence-electron chi connectivity index (χ1n) is 6.67. The molecule has 2 aromatic carbocycles. The van der Waals surface area contributed by atoms with Gasteiger partial charge in [0.25, 0.3) is 0 Å². The molecule has 1 aliphatic heterocycles. The lowest BCUT2D eigenvalue weighted by Gasteiger charge is -2.07. The Morgan fingerprint density at radius 2 is 1.48 bits per heavy atom. The highest BCUT2D eigenvalue weighted by Gasteiger charge is 2.29. The van der Waals surface area contributed by atoms with E-state index in [0.717, 1.165) is 0 Å². The molecule has 3 rings (SSSR count). The number of ketones is 1. The molecule has 0 saturated heterocycles. The molecular weight excluding hydrogens is 300 g/mol. The third-order valence-electron chi connectivity index (χ3n) is 3.61. The Bertz CT molecular complexity index is 894. The van der Waals surface area contributed by atoms with E-state index in [1.165, 1.54) is 31.2 Å². The highest BCUT2D eigenvalue weighted by atomic mass is 16.6. The second-order valence-corrected chi connectivity index (χ2v) is 5.06. The van der Waals surface area contributed by atoms with E-state index >= 15 is 0 Å². The summed E-state index contributed by atoms with van der Waals surface area (Å²) in [5, 5.41) is 9.12. The summed E-state index contributed by atoms with van der Waals surface area (Å²) >= 11 is 0. The van der Waals surface area contributed by atoms with Crippen LogP contribution in [0.25, 0.3) is 11.1 Å².